The summed E-state index contributed by atoms with van der Waals surface area (Å²) in [6, 6.07) is -0.262. The van der Waals surface area contributed by atoms with E-state index in [4.69, 9.17) is 9.47 Å². The van der Waals surface area contributed by atoms with Crippen molar-refractivity contribution in [2.75, 3.05) is 26.3 Å². The van der Waals surface area contributed by atoms with E-state index in [9.17, 15) is 14.7 Å². The van der Waals surface area contributed by atoms with Crippen molar-refractivity contribution in [3.63, 3.8) is 0 Å². The number of amides is 2. The minimum Gasteiger partial charge on any atom is -0.479 e. The predicted molar refractivity (Wildman–Crippen MR) is 115 cm³/mol. The van der Waals surface area contributed by atoms with Gasteiger partial charge in [0, 0.05) is 31.7 Å². The molecule has 1 aliphatic rings. The molecule has 30 heavy (non-hydrogen) atoms. The van der Waals surface area contributed by atoms with E-state index < -0.39 is 23.2 Å². The maximum absolute atomic E-state index is 13.3. The molecule has 1 saturated heterocycles. The Morgan fingerprint density at radius 2 is 1.83 bits per heavy atom. The van der Waals surface area contributed by atoms with Crippen molar-refractivity contribution in [3.8, 4) is 0 Å². The van der Waals surface area contributed by atoms with Crippen molar-refractivity contribution in [3.05, 3.63) is 16.1 Å². The number of hydrogen-bond acceptors (Lipinski definition) is 6. The number of urea groups is 1. The number of carboxylic acid groups (broad SMARTS) is 1. The zero-order chi connectivity index (χ0) is 22.7. The van der Waals surface area contributed by atoms with Gasteiger partial charge in [0.05, 0.1) is 12.2 Å². The molecule has 0 spiro atoms. The fourth-order valence-corrected chi connectivity index (χ4v) is 5.32. The van der Waals surface area contributed by atoms with E-state index in [0.29, 0.717) is 37.9 Å². The monoisotopic (exact) mass is 441 g/mol. The quantitative estimate of drug-likeness (QED) is 0.552. The Labute approximate surface area is 183 Å². The van der Waals surface area contributed by atoms with Gasteiger partial charge in [0.15, 0.2) is 0 Å². The van der Waals surface area contributed by atoms with Crippen molar-refractivity contribution in [2.45, 2.75) is 66.8 Å². The van der Waals surface area contributed by atoms with Gasteiger partial charge < -0.3 is 24.4 Å². The van der Waals surface area contributed by atoms with Gasteiger partial charge in [0.25, 0.3) is 0 Å². The van der Waals surface area contributed by atoms with E-state index in [1.807, 2.05) is 53.8 Å². The van der Waals surface area contributed by atoms with Crippen molar-refractivity contribution in [1.29, 1.82) is 0 Å². The maximum Gasteiger partial charge on any atom is 0.330 e. The molecule has 1 aromatic rings. The molecule has 0 radical (unpaired) electrons. The third-order valence-corrected chi connectivity index (χ3v) is 6.50. The molecular weight excluding hydrogens is 406 g/mol. The van der Waals surface area contributed by atoms with Gasteiger partial charge >= 0.3 is 12.0 Å². The van der Waals surface area contributed by atoms with Gasteiger partial charge in [-0.15, -0.1) is 11.3 Å². The molecule has 0 saturated carbocycles. The second-order valence-electron chi connectivity index (χ2n) is 8.75. The predicted octanol–water partition coefficient (Wildman–Crippen LogP) is 3.98. The molecule has 1 unspecified atom stereocenters. The number of carboxylic acids is 1. The highest BCUT2D eigenvalue weighted by molar-refractivity contribution is 7.09. The molecule has 0 aromatic carbocycles. The van der Waals surface area contributed by atoms with E-state index in [0.717, 1.165) is 5.69 Å². The topological polar surface area (TPSA) is 92.2 Å². The standard InChI is InChI=1S/C21H35N3O5S/c1-8-28-17(29-9-2)16-22-15(13-30-16)12-23-10-11-24(19(23)27)21(14(3)4,18(25)26)20(5,6)7/h13-14,17H,8-12H2,1-7H3,(H,25,26). The number of hydrogen-bond donors (Lipinski definition) is 1. The van der Waals surface area contributed by atoms with Crippen molar-refractivity contribution < 1.29 is 24.2 Å². The van der Waals surface area contributed by atoms with Crippen LogP contribution in [0, 0.1) is 11.3 Å². The van der Waals surface area contributed by atoms with Crippen LogP contribution in [-0.2, 0) is 20.8 Å². The second kappa shape index (κ2) is 9.62. The van der Waals surface area contributed by atoms with Crippen LogP contribution in [0.1, 0.15) is 65.5 Å². The number of ether oxygens (including phenoxy) is 2. The average Bonchev–Trinajstić information content (AvgIpc) is 3.23. The lowest BCUT2D eigenvalue weighted by molar-refractivity contribution is -0.161. The first-order valence-corrected chi connectivity index (χ1v) is 11.4. The second-order valence-corrected chi connectivity index (χ2v) is 9.64. The Morgan fingerprint density at radius 3 is 2.30 bits per heavy atom. The third kappa shape index (κ3) is 4.48. The molecular formula is C21H35N3O5S. The number of carbonyl (C=O) groups is 2. The largest absolute Gasteiger partial charge is 0.479 e. The number of nitrogens with zero attached hydrogens (tertiary/aromatic N) is 3. The molecule has 1 fully saturated rings. The van der Waals surface area contributed by atoms with Crippen LogP contribution in [0.2, 0.25) is 0 Å². The van der Waals surface area contributed by atoms with Crippen molar-refractivity contribution in [1.82, 2.24) is 14.8 Å². The number of carbonyl (C=O) groups excluding carboxylic acids is 1. The SMILES string of the molecule is CCOC(OCC)c1nc(CN2CCN(C(C(=O)O)(C(C)C)C(C)(C)C)C2=O)cs1. The Bertz CT molecular complexity index is 739. The fourth-order valence-electron chi connectivity index (χ4n) is 4.51. The van der Waals surface area contributed by atoms with Crippen LogP contribution < -0.4 is 0 Å². The van der Waals surface area contributed by atoms with Crippen LogP contribution >= 0.6 is 11.3 Å². The molecule has 8 nitrogen and oxygen atoms in total. The van der Waals surface area contributed by atoms with E-state index in [-0.39, 0.29) is 11.9 Å². The molecule has 0 aliphatic carbocycles. The minimum atomic E-state index is -1.29. The summed E-state index contributed by atoms with van der Waals surface area (Å²) in [6.45, 7) is 15.4. The lowest BCUT2D eigenvalue weighted by atomic mass is 9.66. The molecule has 9 heteroatoms. The number of aromatic nitrogens is 1. The Balaban J connectivity index is 2.22. The van der Waals surface area contributed by atoms with Gasteiger partial charge in [-0.1, -0.05) is 34.6 Å². The zero-order valence-corrected chi connectivity index (χ0v) is 19.9. The number of aliphatic carboxylic acids is 1. The smallest absolute Gasteiger partial charge is 0.330 e. The molecule has 2 rings (SSSR count). The fraction of sp³-hybridized carbons (Fsp3) is 0.762. The van der Waals surface area contributed by atoms with Gasteiger partial charge in [0.1, 0.15) is 10.5 Å². The molecule has 1 atom stereocenters. The molecule has 1 aliphatic heterocycles. The van der Waals surface area contributed by atoms with Gasteiger partial charge in [-0.25, -0.2) is 14.6 Å². The lowest BCUT2D eigenvalue weighted by Gasteiger charge is -2.49. The van der Waals surface area contributed by atoms with Crippen molar-refractivity contribution >= 4 is 23.3 Å². The van der Waals surface area contributed by atoms with Gasteiger partial charge in [-0.2, -0.15) is 0 Å². The van der Waals surface area contributed by atoms with Crippen LogP contribution in [0.5, 0.6) is 0 Å². The van der Waals surface area contributed by atoms with Crippen molar-refractivity contribution in [2.24, 2.45) is 11.3 Å². The average molecular weight is 442 g/mol. The van der Waals surface area contributed by atoms with Gasteiger partial charge in [-0.3, -0.25) is 0 Å². The Kier molecular flexibility index (Phi) is 7.87. The van der Waals surface area contributed by atoms with E-state index in [1.165, 1.54) is 16.2 Å². The summed E-state index contributed by atoms with van der Waals surface area (Å²) in [4.78, 5) is 33.5. The Hall–Kier alpha value is -1.71. The summed E-state index contributed by atoms with van der Waals surface area (Å²) in [5.74, 6) is -1.21. The first-order chi connectivity index (χ1) is 14.0. The van der Waals surface area contributed by atoms with E-state index in [1.54, 1.807) is 4.90 Å². The summed E-state index contributed by atoms with van der Waals surface area (Å²) >= 11 is 1.44. The van der Waals surface area contributed by atoms with E-state index >= 15 is 0 Å². The summed E-state index contributed by atoms with van der Waals surface area (Å²) in [6.07, 6.45) is -0.508. The molecule has 1 aromatic heterocycles. The molecule has 2 heterocycles. The Morgan fingerprint density at radius 1 is 1.23 bits per heavy atom. The highest BCUT2D eigenvalue weighted by Gasteiger charge is 2.59. The summed E-state index contributed by atoms with van der Waals surface area (Å²) in [5.41, 5.74) is -1.17. The normalized spacial score (nSPS) is 17.3. The van der Waals surface area contributed by atoms with E-state index in [2.05, 4.69) is 4.98 Å². The summed E-state index contributed by atoms with van der Waals surface area (Å²) < 4.78 is 11.2. The maximum atomic E-state index is 13.3. The lowest BCUT2D eigenvalue weighted by Crippen LogP contribution is -2.66. The summed E-state index contributed by atoms with van der Waals surface area (Å²) in [5, 5.41) is 12.8. The van der Waals surface area contributed by atoms with Crippen LogP contribution in [0.25, 0.3) is 0 Å². The molecule has 0 bridgehead atoms. The van der Waals surface area contributed by atoms with Crippen LogP contribution in [0.3, 0.4) is 0 Å². The highest BCUT2D eigenvalue weighted by Crippen LogP contribution is 2.43. The minimum absolute atomic E-state index is 0.247. The molecule has 2 amide bonds. The third-order valence-electron chi connectivity index (χ3n) is 5.59. The summed E-state index contributed by atoms with van der Waals surface area (Å²) in [7, 11) is 0. The van der Waals surface area contributed by atoms with Gasteiger partial charge in [-0.05, 0) is 25.2 Å². The first-order valence-electron chi connectivity index (χ1n) is 10.5. The molecule has 1 N–H and O–H groups in total. The molecule has 170 valence electrons. The van der Waals surface area contributed by atoms with Crippen LogP contribution in [0.15, 0.2) is 5.38 Å². The van der Waals surface area contributed by atoms with Crippen LogP contribution in [-0.4, -0.2) is 63.7 Å². The first kappa shape index (κ1) is 24.6. The highest BCUT2D eigenvalue weighted by atomic mass is 32.1. The zero-order valence-electron chi connectivity index (χ0n) is 19.1. The van der Waals surface area contributed by atoms with Gasteiger partial charge in [0.2, 0.25) is 6.29 Å². The number of thiazole rings is 1. The number of rotatable bonds is 10. The van der Waals surface area contributed by atoms with Crippen LogP contribution in [0.4, 0.5) is 4.79 Å².